The van der Waals surface area contributed by atoms with Crippen molar-refractivity contribution in [2.75, 3.05) is 6.61 Å². The maximum atomic E-state index is 9.71. The Bertz CT molecular complexity index is 112. The standard InChI is InChI=1S/C5H11NO2Si/c1-3-8-9(4-2)6-5-7/h9H,3-4H2,1-2H3. The van der Waals surface area contributed by atoms with Gasteiger partial charge in [0.25, 0.3) is 0 Å². The number of isocyanates is 1. The van der Waals surface area contributed by atoms with E-state index < -0.39 is 9.20 Å². The van der Waals surface area contributed by atoms with Gasteiger partial charge in [-0.15, -0.1) is 0 Å². The van der Waals surface area contributed by atoms with Gasteiger partial charge in [-0.1, -0.05) is 6.92 Å². The van der Waals surface area contributed by atoms with Crippen molar-refractivity contribution >= 4 is 15.3 Å². The van der Waals surface area contributed by atoms with Gasteiger partial charge in [0, 0.05) is 6.61 Å². The predicted molar refractivity (Wildman–Crippen MR) is 37.4 cm³/mol. The van der Waals surface area contributed by atoms with Crippen LogP contribution in [0.2, 0.25) is 6.04 Å². The van der Waals surface area contributed by atoms with Crippen molar-refractivity contribution in [2.24, 2.45) is 4.66 Å². The smallest absolute Gasteiger partial charge is 0.317 e. The summed E-state index contributed by atoms with van der Waals surface area (Å²) in [6.45, 7) is 4.51. The molecule has 0 rings (SSSR count). The van der Waals surface area contributed by atoms with Crippen molar-refractivity contribution in [3.05, 3.63) is 0 Å². The van der Waals surface area contributed by atoms with E-state index in [9.17, 15) is 4.79 Å². The van der Waals surface area contributed by atoms with Crippen LogP contribution >= 0.6 is 0 Å². The molecule has 0 aromatic heterocycles. The van der Waals surface area contributed by atoms with Gasteiger partial charge in [-0.2, -0.15) is 0 Å². The lowest BCUT2D eigenvalue weighted by Crippen LogP contribution is -2.13. The summed E-state index contributed by atoms with van der Waals surface area (Å²) in [7, 11) is -1.51. The summed E-state index contributed by atoms with van der Waals surface area (Å²) in [6, 6.07) is 0.864. The highest BCUT2D eigenvalue weighted by atomic mass is 28.3. The van der Waals surface area contributed by atoms with E-state index in [1.165, 1.54) is 6.08 Å². The first-order valence-electron chi connectivity index (χ1n) is 3.03. The molecular weight excluding hydrogens is 134 g/mol. The summed E-state index contributed by atoms with van der Waals surface area (Å²) in [5, 5.41) is 0. The fourth-order valence-electron chi connectivity index (χ4n) is 0.498. The molecule has 0 heterocycles. The van der Waals surface area contributed by atoms with E-state index in [1.54, 1.807) is 0 Å². The zero-order valence-corrected chi connectivity index (χ0v) is 6.91. The van der Waals surface area contributed by atoms with Gasteiger partial charge < -0.3 is 4.43 Å². The van der Waals surface area contributed by atoms with E-state index in [2.05, 4.69) is 4.66 Å². The highest BCUT2D eigenvalue weighted by Gasteiger charge is 2.04. The molecule has 0 fully saturated rings. The molecular formula is C5H11NO2Si. The Balaban J connectivity index is 3.53. The second kappa shape index (κ2) is 5.69. The highest BCUT2D eigenvalue weighted by Crippen LogP contribution is 1.92. The van der Waals surface area contributed by atoms with E-state index in [0.29, 0.717) is 6.61 Å². The molecule has 0 spiro atoms. The van der Waals surface area contributed by atoms with Crippen LogP contribution in [0.5, 0.6) is 0 Å². The van der Waals surface area contributed by atoms with Crippen LogP contribution in [-0.2, 0) is 9.22 Å². The van der Waals surface area contributed by atoms with Crippen molar-refractivity contribution in [1.82, 2.24) is 0 Å². The first-order valence-corrected chi connectivity index (χ1v) is 4.84. The highest BCUT2D eigenvalue weighted by molar-refractivity contribution is 6.50. The Morgan fingerprint density at radius 2 is 2.33 bits per heavy atom. The molecule has 9 heavy (non-hydrogen) atoms. The van der Waals surface area contributed by atoms with Gasteiger partial charge in [-0.3, -0.25) is 0 Å². The van der Waals surface area contributed by atoms with Crippen LogP contribution in [0.3, 0.4) is 0 Å². The lowest BCUT2D eigenvalue weighted by molar-refractivity contribution is 0.343. The normalized spacial score (nSPS) is 12.2. The molecule has 3 nitrogen and oxygen atoms in total. The van der Waals surface area contributed by atoms with E-state index in [-0.39, 0.29) is 0 Å². The van der Waals surface area contributed by atoms with Crippen LogP contribution in [0, 0.1) is 0 Å². The molecule has 0 aliphatic rings. The molecule has 1 atom stereocenters. The summed E-state index contributed by atoms with van der Waals surface area (Å²) in [4.78, 5) is 9.71. The van der Waals surface area contributed by atoms with Crippen LogP contribution in [0.15, 0.2) is 4.66 Å². The van der Waals surface area contributed by atoms with Crippen LogP contribution in [0.1, 0.15) is 13.8 Å². The van der Waals surface area contributed by atoms with Crippen LogP contribution in [0.25, 0.3) is 0 Å². The average molecular weight is 145 g/mol. The minimum absolute atomic E-state index is 0.649. The third-order valence-corrected chi connectivity index (χ3v) is 2.71. The predicted octanol–water partition coefficient (Wildman–Crippen LogP) is 0.599. The summed E-state index contributed by atoms with van der Waals surface area (Å²) >= 11 is 0. The maximum absolute atomic E-state index is 9.71. The first-order chi connectivity index (χ1) is 4.35. The van der Waals surface area contributed by atoms with Crippen molar-refractivity contribution in [3.8, 4) is 0 Å². The summed E-state index contributed by atoms with van der Waals surface area (Å²) < 4.78 is 8.68. The molecule has 0 aliphatic heterocycles. The Kier molecular flexibility index (Phi) is 5.41. The Hall–Kier alpha value is -0.443. The van der Waals surface area contributed by atoms with E-state index >= 15 is 0 Å². The molecule has 0 saturated heterocycles. The van der Waals surface area contributed by atoms with Gasteiger partial charge in [-0.25, -0.2) is 9.45 Å². The molecule has 0 radical (unpaired) electrons. The van der Waals surface area contributed by atoms with Gasteiger partial charge in [0.05, 0.1) is 0 Å². The maximum Gasteiger partial charge on any atom is 0.317 e. The molecule has 0 aromatic carbocycles. The zero-order chi connectivity index (χ0) is 7.11. The number of carbonyl (C=O) groups excluding carboxylic acids is 1. The molecule has 0 amide bonds. The molecule has 0 bridgehead atoms. The topological polar surface area (TPSA) is 38.7 Å². The van der Waals surface area contributed by atoms with Gasteiger partial charge in [0.15, 0.2) is 0 Å². The van der Waals surface area contributed by atoms with Crippen LogP contribution in [-0.4, -0.2) is 21.9 Å². The third kappa shape index (κ3) is 4.09. The largest absolute Gasteiger partial charge is 0.400 e. The van der Waals surface area contributed by atoms with Crippen molar-refractivity contribution in [3.63, 3.8) is 0 Å². The Morgan fingerprint density at radius 3 is 2.67 bits per heavy atom. The summed E-state index contributed by atoms with van der Waals surface area (Å²) in [5.74, 6) is 0. The van der Waals surface area contributed by atoms with Gasteiger partial charge in [0.2, 0.25) is 6.08 Å². The van der Waals surface area contributed by atoms with E-state index in [4.69, 9.17) is 4.43 Å². The fourth-order valence-corrected chi connectivity index (χ4v) is 1.49. The minimum Gasteiger partial charge on any atom is -0.400 e. The summed E-state index contributed by atoms with van der Waals surface area (Å²) in [5.41, 5.74) is 0. The zero-order valence-electron chi connectivity index (χ0n) is 5.76. The number of hydrogen-bond donors (Lipinski definition) is 0. The van der Waals surface area contributed by atoms with Crippen molar-refractivity contribution < 1.29 is 9.22 Å². The summed E-state index contributed by atoms with van der Waals surface area (Å²) in [6.07, 6.45) is 1.52. The first kappa shape index (κ1) is 8.56. The lowest BCUT2D eigenvalue weighted by atomic mass is 10.9. The lowest BCUT2D eigenvalue weighted by Gasteiger charge is -2.02. The molecule has 1 unspecified atom stereocenters. The molecule has 0 aliphatic carbocycles. The fraction of sp³-hybridized carbons (Fsp3) is 0.800. The molecule has 52 valence electrons. The SMILES string of the molecule is CCO[SiH](CC)N=C=O. The van der Waals surface area contributed by atoms with Crippen molar-refractivity contribution in [1.29, 1.82) is 0 Å². The number of nitrogens with zero attached hydrogens (tertiary/aromatic N) is 1. The quantitative estimate of drug-likeness (QED) is 0.330. The molecule has 4 heteroatoms. The number of hydrogen-bond acceptors (Lipinski definition) is 3. The third-order valence-electron chi connectivity index (χ3n) is 0.905. The number of rotatable bonds is 4. The van der Waals surface area contributed by atoms with Gasteiger partial charge >= 0.3 is 9.20 Å². The second-order valence-electron chi connectivity index (χ2n) is 1.54. The molecule has 0 aromatic rings. The monoisotopic (exact) mass is 145 g/mol. The average Bonchev–Trinajstić information content (AvgIpc) is 1.88. The van der Waals surface area contributed by atoms with E-state index in [0.717, 1.165) is 6.04 Å². The van der Waals surface area contributed by atoms with E-state index in [1.807, 2.05) is 13.8 Å². The van der Waals surface area contributed by atoms with Crippen LogP contribution in [0.4, 0.5) is 0 Å². The molecule has 0 N–H and O–H groups in total. The van der Waals surface area contributed by atoms with Crippen LogP contribution < -0.4 is 0 Å². The second-order valence-corrected chi connectivity index (χ2v) is 3.86. The minimum atomic E-state index is -1.51. The Labute approximate surface area is 56.6 Å². The van der Waals surface area contributed by atoms with Crippen molar-refractivity contribution in [2.45, 2.75) is 19.9 Å². The van der Waals surface area contributed by atoms with Gasteiger partial charge in [0.1, 0.15) is 0 Å². The molecule has 0 saturated carbocycles. The van der Waals surface area contributed by atoms with Gasteiger partial charge in [-0.05, 0) is 13.0 Å². The Morgan fingerprint density at radius 1 is 1.67 bits per heavy atom.